The van der Waals surface area contributed by atoms with Crippen LogP contribution in [0.3, 0.4) is 0 Å². The maximum Gasteiger partial charge on any atom is 0.0626 e. The molecule has 2 heteroatoms. The van der Waals surface area contributed by atoms with E-state index in [0.717, 1.165) is 6.61 Å². The number of hydrogen-bond acceptors (Lipinski definition) is 2. The van der Waals surface area contributed by atoms with E-state index in [2.05, 4.69) is 25.9 Å². The predicted molar refractivity (Wildman–Crippen MR) is 37.5 cm³/mol. The van der Waals surface area contributed by atoms with Gasteiger partial charge in [0.1, 0.15) is 0 Å². The average molecular weight is 129 g/mol. The Labute approximate surface area is 56.8 Å². The summed E-state index contributed by atoms with van der Waals surface area (Å²) in [7, 11) is 4.21. The van der Waals surface area contributed by atoms with Gasteiger partial charge in [-0.05, 0) is 27.4 Å². The molecule has 1 aliphatic rings. The lowest BCUT2D eigenvalue weighted by Crippen LogP contribution is -2.27. The van der Waals surface area contributed by atoms with Crippen molar-refractivity contribution in [3.05, 3.63) is 0 Å². The molecule has 0 spiro atoms. The van der Waals surface area contributed by atoms with E-state index >= 15 is 0 Å². The zero-order chi connectivity index (χ0) is 6.85. The average Bonchev–Trinajstić information content (AvgIpc) is 2.14. The molecule has 0 N–H and O–H groups in total. The minimum atomic E-state index is 0.470. The number of hydrogen-bond donors (Lipinski definition) is 0. The third-order valence-corrected chi connectivity index (χ3v) is 1.91. The Hall–Kier alpha value is -0.0800. The van der Waals surface area contributed by atoms with Crippen molar-refractivity contribution in [2.24, 2.45) is 0 Å². The molecule has 2 atom stereocenters. The number of ether oxygens (including phenoxy) is 1. The quantitative estimate of drug-likeness (QED) is 0.517. The number of nitrogens with zero attached hydrogens (tertiary/aromatic N) is 1. The molecule has 0 radical (unpaired) electrons. The number of rotatable bonds is 1. The van der Waals surface area contributed by atoms with Crippen LogP contribution in [0.2, 0.25) is 0 Å². The van der Waals surface area contributed by atoms with Crippen LogP contribution < -0.4 is 0 Å². The Morgan fingerprint density at radius 2 is 2.11 bits per heavy atom. The SMILES string of the molecule is CC1CC(N(C)C)CO1. The van der Waals surface area contributed by atoms with E-state index in [4.69, 9.17) is 4.74 Å². The molecule has 1 rings (SSSR count). The van der Waals surface area contributed by atoms with E-state index in [1.54, 1.807) is 0 Å². The number of likely N-dealkylation sites (N-methyl/N-ethyl adjacent to an activating group) is 1. The van der Waals surface area contributed by atoms with E-state index in [-0.39, 0.29) is 0 Å². The minimum absolute atomic E-state index is 0.470. The molecule has 2 nitrogen and oxygen atoms in total. The highest BCUT2D eigenvalue weighted by Crippen LogP contribution is 2.15. The summed E-state index contributed by atoms with van der Waals surface area (Å²) in [6.45, 7) is 3.04. The third kappa shape index (κ3) is 1.66. The molecule has 2 unspecified atom stereocenters. The summed E-state index contributed by atoms with van der Waals surface area (Å²) in [5.74, 6) is 0. The summed E-state index contributed by atoms with van der Waals surface area (Å²) in [5.41, 5.74) is 0. The van der Waals surface area contributed by atoms with Crippen LogP contribution in [0.25, 0.3) is 0 Å². The van der Waals surface area contributed by atoms with E-state index in [1.165, 1.54) is 6.42 Å². The smallest absolute Gasteiger partial charge is 0.0626 e. The van der Waals surface area contributed by atoms with E-state index in [9.17, 15) is 0 Å². The zero-order valence-electron chi connectivity index (χ0n) is 6.42. The summed E-state index contributed by atoms with van der Waals surface area (Å²) < 4.78 is 5.39. The van der Waals surface area contributed by atoms with Gasteiger partial charge in [0, 0.05) is 6.04 Å². The van der Waals surface area contributed by atoms with E-state index < -0.39 is 0 Å². The third-order valence-electron chi connectivity index (χ3n) is 1.91. The van der Waals surface area contributed by atoms with Gasteiger partial charge in [0.05, 0.1) is 12.7 Å². The first-order valence-corrected chi connectivity index (χ1v) is 3.48. The van der Waals surface area contributed by atoms with Crippen LogP contribution in [-0.2, 0) is 4.74 Å². The molecule has 1 aliphatic heterocycles. The second-order valence-electron chi connectivity index (χ2n) is 3.00. The van der Waals surface area contributed by atoms with Gasteiger partial charge in [0.15, 0.2) is 0 Å². The first kappa shape index (κ1) is 7.03. The summed E-state index contributed by atoms with van der Waals surface area (Å²) in [5, 5.41) is 0. The molecule has 0 aromatic heterocycles. The van der Waals surface area contributed by atoms with Gasteiger partial charge in [-0.25, -0.2) is 0 Å². The first-order chi connectivity index (χ1) is 4.20. The van der Waals surface area contributed by atoms with Gasteiger partial charge in [0.2, 0.25) is 0 Å². The van der Waals surface area contributed by atoms with Gasteiger partial charge >= 0.3 is 0 Å². The maximum absolute atomic E-state index is 5.39. The second kappa shape index (κ2) is 2.67. The van der Waals surface area contributed by atoms with Gasteiger partial charge in [-0.15, -0.1) is 0 Å². The molecule has 0 saturated carbocycles. The standard InChI is InChI=1S/C7H15NO/c1-6-4-7(5-9-6)8(2)3/h6-7H,4-5H2,1-3H3. The van der Waals surface area contributed by atoms with Crippen molar-refractivity contribution in [2.75, 3.05) is 20.7 Å². The molecule has 1 saturated heterocycles. The van der Waals surface area contributed by atoms with Crippen molar-refractivity contribution in [1.29, 1.82) is 0 Å². The van der Waals surface area contributed by atoms with Crippen LogP contribution in [0.15, 0.2) is 0 Å². The molecule has 1 heterocycles. The molecule has 0 aliphatic carbocycles. The summed E-state index contributed by atoms with van der Waals surface area (Å²) in [6.07, 6.45) is 1.66. The summed E-state index contributed by atoms with van der Waals surface area (Å²) in [6, 6.07) is 0.653. The second-order valence-corrected chi connectivity index (χ2v) is 3.00. The summed E-state index contributed by atoms with van der Waals surface area (Å²) in [4.78, 5) is 2.23. The van der Waals surface area contributed by atoms with Crippen LogP contribution >= 0.6 is 0 Å². The minimum Gasteiger partial charge on any atom is -0.377 e. The fourth-order valence-electron chi connectivity index (χ4n) is 1.15. The molecule has 0 aromatic carbocycles. The maximum atomic E-state index is 5.39. The highest BCUT2D eigenvalue weighted by molar-refractivity contribution is 4.75. The highest BCUT2D eigenvalue weighted by atomic mass is 16.5. The monoisotopic (exact) mass is 129 g/mol. The van der Waals surface area contributed by atoms with Crippen molar-refractivity contribution in [1.82, 2.24) is 4.90 Å². The van der Waals surface area contributed by atoms with Crippen molar-refractivity contribution in [2.45, 2.75) is 25.5 Å². The molecule has 1 fully saturated rings. The first-order valence-electron chi connectivity index (χ1n) is 3.48. The van der Waals surface area contributed by atoms with Crippen molar-refractivity contribution in [3.63, 3.8) is 0 Å². The van der Waals surface area contributed by atoms with Crippen LogP contribution in [0.4, 0.5) is 0 Å². The Bertz CT molecular complexity index is 92.9. The largest absolute Gasteiger partial charge is 0.377 e. The van der Waals surface area contributed by atoms with Crippen molar-refractivity contribution >= 4 is 0 Å². The lowest BCUT2D eigenvalue weighted by Gasteiger charge is -2.15. The fourth-order valence-corrected chi connectivity index (χ4v) is 1.15. The lowest BCUT2D eigenvalue weighted by atomic mass is 10.2. The summed E-state index contributed by atoms with van der Waals surface area (Å²) >= 11 is 0. The zero-order valence-corrected chi connectivity index (χ0v) is 6.42. The van der Waals surface area contributed by atoms with Gasteiger partial charge < -0.3 is 9.64 Å². The Balaban J connectivity index is 2.30. The normalized spacial score (nSPS) is 36.0. The Kier molecular flexibility index (Phi) is 2.09. The van der Waals surface area contributed by atoms with Gasteiger partial charge in [-0.3, -0.25) is 0 Å². The van der Waals surface area contributed by atoms with Crippen molar-refractivity contribution < 1.29 is 4.74 Å². The molecular weight excluding hydrogens is 114 g/mol. The van der Waals surface area contributed by atoms with Crippen LogP contribution in [-0.4, -0.2) is 37.7 Å². The molecule has 0 aromatic rings. The van der Waals surface area contributed by atoms with Gasteiger partial charge in [-0.1, -0.05) is 0 Å². The molecule has 0 bridgehead atoms. The molecular formula is C7H15NO. The van der Waals surface area contributed by atoms with Crippen LogP contribution in [0.5, 0.6) is 0 Å². The van der Waals surface area contributed by atoms with Crippen molar-refractivity contribution in [3.8, 4) is 0 Å². The molecule has 54 valence electrons. The van der Waals surface area contributed by atoms with E-state index in [0.29, 0.717) is 12.1 Å². The highest BCUT2D eigenvalue weighted by Gasteiger charge is 2.22. The van der Waals surface area contributed by atoms with Gasteiger partial charge in [-0.2, -0.15) is 0 Å². The molecule has 9 heavy (non-hydrogen) atoms. The molecule has 0 amide bonds. The Morgan fingerprint density at radius 3 is 2.33 bits per heavy atom. The van der Waals surface area contributed by atoms with E-state index in [1.807, 2.05) is 0 Å². The predicted octanol–water partition coefficient (Wildman–Crippen LogP) is 0.725. The van der Waals surface area contributed by atoms with Crippen LogP contribution in [0, 0.1) is 0 Å². The fraction of sp³-hybridized carbons (Fsp3) is 1.00. The van der Waals surface area contributed by atoms with Crippen LogP contribution in [0.1, 0.15) is 13.3 Å². The lowest BCUT2D eigenvalue weighted by molar-refractivity contribution is 0.115. The van der Waals surface area contributed by atoms with Gasteiger partial charge in [0.25, 0.3) is 0 Å². The Morgan fingerprint density at radius 1 is 1.44 bits per heavy atom. The topological polar surface area (TPSA) is 12.5 Å².